The number of anilines is 1. The summed E-state index contributed by atoms with van der Waals surface area (Å²) in [5.74, 6) is -5.56. The molecule has 0 aliphatic heterocycles. The Morgan fingerprint density at radius 1 is 1.13 bits per heavy atom. The van der Waals surface area contributed by atoms with Crippen molar-refractivity contribution in [2.24, 2.45) is 0 Å². The highest BCUT2D eigenvalue weighted by molar-refractivity contribution is 6.34. The summed E-state index contributed by atoms with van der Waals surface area (Å²) in [6, 6.07) is 4.69. The smallest absolute Gasteiger partial charge is 0.271 e. The molecule has 0 heterocycles. The molecular formula is C13H7ClF3N3O3. The molecule has 23 heavy (non-hydrogen) atoms. The molecular weight excluding hydrogens is 339 g/mol. The fourth-order valence-corrected chi connectivity index (χ4v) is 1.82. The van der Waals surface area contributed by atoms with Crippen LogP contribution in [0, 0.1) is 27.6 Å². The number of benzene rings is 2. The van der Waals surface area contributed by atoms with Crippen LogP contribution >= 0.6 is 11.6 Å². The lowest BCUT2D eigenvalue weighted by atomic mass is 10.2. The highest BCUT2D eigenvalue weighted by Crippen LogP contribution is 2.22. The number of carbonyl (C=O) groups is 1. The van der Waals surface area contributed by atoms with Gasteiger partial charge in [0.15, 0.2) is 17.5 Å². The Balaban J connectivity index is 2.19. The lowest BCUT2D eigenvalue weighted by Crippen LogP contribution is -2.30. The third-order valence-electron chi connectivity index (χ3n) is 2.75. The van der Waals surface area contributed by atoms with Crippen LogP contribution in [0.5, 0.6) is 0 Å². The first-order valence-corrected chi connectivity index (χ1v) is 6.33. The van der Waals surface area contributed by atoms with E-state index in [9.17, 15) is 28.1 Å². The van der Waals surface area contributed by atoms with E-state index in [2.05, 4.69) is 0 Å². The SMILES string of the molecule is O=C(NNc1ccc(F)c(F)c1F)c1cc([N+](=O)[O-])ccc1Cl. The van der Waals surface area contributed by atoms with E-state index in [-0.39, 0.29) is 16.3 Å². The summed E-state index contributed by atoms with van der Waals surface area (Å²) in [4.78, 5) is 21.8. The van der Waals surface area contributed by atoms with Gasteiger partial charge in [-0.2, -0.15) is 0 Å². The van der Waals surface area contributed by atoms with E-state index in [0.717, 1.165) is 24.3 Å². The Labute approximate surface area is 132 Å². The molecule has 0 fully saturated rings. The van der Waals surface area contributed by atoms with E-state index in [1.165, 1.54) is 0 Å². The van der Waals surface area contributed by atoms with Crippen LogP contribution in [-0.4, -0.2) is 10.8 Å². The number of rotatable bonds is 4. The number of halogens is 4. The Kier molecular flexibility index (Phi) is 4.70. The van der Waals surface area contributed by atoms with E-state index < -0.39 is 34.0 Å². The summed E-state index contributed by atoms with van der Waals surface area (Å²) < 4.78 is 39.3. The van der Waals surface area contributed by atoms with Gasteiger partial charge in [0, 0.05) is 12.1 Å². The summed E-state index contributed by atoms with van der Waals surface area (Å²) in [6.07, 6.45) is 0. The number of hydrogen-bond acceptors (Lipinski definition) is 4. The molecule has 0 radical (unpaired) electrons. The third-order valence-corrected chi connectivity index (χ3v) is 3.08. The Morgan fingerprint density at radius 3 is 2.48 bits per heavy atom. The molecule has 1 amide bonds. The number of hydrazine groups is 1. The summed E-state index contributed by atoms with van der Waals surface area (Å²) in [7, 11) is 0. The van der Waals surface area contributed by atoms with Gasteiger partial charge in [-0.1, -0.05) is 11.6 Å². The fourth-order valence-electron chi connectivity index (χ4n) is 1.61. The number of amides is 1. The van der Waals surface area contributed by atoms with Crippen LogP contribution in [0.15, 0.2) is 30.3 Å². The molecule has 0 unspecified atom stereocenters. The van der Waals surface area contributed by atoms with Crippen LogP contribution in [0.3, 0.4) is 0 Å². The van der Waals surface area contributed by atoms with Crippen molar-refractivity contribution in [2.45, 2.75) is 0 Å². The maximum atomic E-state index is 13.4. The first kappa shape index (κ1) is 16.6. The molecule has 2 N–H and O–H groups in total. The average Bonchev–Trinajstić information content (AvgIpc) is 2.52. The third kappa shape index (κ3) is 3.51. The van der Waals surface area contributed by atoms with Gasteiger partial charge in [0.25, 0.3) is 11.6 Å². The van der Waals surface area contributed by atoms with Crippen LogP contribution < -0.4 is 10.9 Å². The van der Waals surface area contributed by atoms with Crippen molar-refractivity contribution >= 4 is 28.9 Å². The van der Waals surface area contributed by atoms with Crippen LogP contribution in [0.25, 0.3) is 0 Å². The van der Waals surface area contributed by atoms with Gasteiger partial charge in [0.2, 0.25) is 0 Å². The lowest BCUT2D eigenvalue weighted by molar-refractivity contribution is -0.384. The molecule has 120 valence electrons. The van der Waals surface area contributed by atoms with Gasteiger partial charge in [-0.3, -0.25) is 25.8 Å². The van der Waals surface area contributed by atoms with Gasteiger partial charge in [-0.05, 0) is 18.2 Å². The van der Waals surface area contributed by atoms with Gasteiger partial charge < -0.3 is 0 Å². The van der Waals surface area contributed by atoms with Crippen molar-refractivity contribution in [3.05, 3.63) is 68.5 Å². The molecule has 10 heteroatoms. The Morgan fingerprint density at radius 2 is 1.83 bits per heavy atom. The topological polar surface area (TPSA) is 84.3 Å². The van der Waals surface area contributed by atoms with E-state index in [1.807, 2.05) is 10.9 Å². The molecule has 0 saturated carbocycles. The van der Waals surface area contributed by atoms with E-state index in [0.29, 0.717) is 6.07 Å². The first-order valence-electron chi connectivity index (χ1n) is 5.95. The number of carbonyl (C=O) groups excluding carboxylic acids is 1. The minimum absolute atomic E-state index is 0.0827. The standard InChI is InChI=1S/C13H7ClF3N3O3/c14-8-2-1-6(20(22)23)5-7(8)13(21)19-18-10-4-3-9(15)11(16)12(10)17/h1-5,18H,(H,19,21). The normalized spacial score (nSPS) is 10.3. The maximum absolute atomic E-state index is 13.4. The average molecular weight is 346 g/mol. The van der Waals surface area contributed by atoms with Crippen molar-refractivity contribution in [1.82, 2.24) is 5.43 Å². The molecule has 0 aliphatic carbocycles. The van der Waals surface area contributed by atoms with Crippen molar-refractivity contribution in [3.63, 3.8) is 0 Å². The molecule has 0 spiro atoms. The van der Waals surface area contributed by atoms with Crippen molar-refractivity contribution < 1.29 is 22.9 Å². The van der Waals surface area contributed by atoms with Crippen molar-refractivity contribution in [3.8, 4) is 0 Å². The lowest BCUT2D eigenvalue weighted by Gasteiger charge is -2.10. The molecule has 2 aromatic carbocycles. The number of nitro groups is 1. The second kappa shape index (κ2) is 6.53. The van der Waals surface area contributed by atoms with Crippen LogP contribution in [0.1, 0.15) is 10.4 Å². The van der Waals surface area contributed by atoms with Crippen molar-refractivity contribution in [2.75, 3.05) is 5.43 Å². The minimum Gasteiger partial charge on any atom is -0.295 e. The predicted octanol–water partition coefficient (Wildman–Crippen LogP) is 3.42. The number of nitro benzene ring substituents is 1. The quantitative estimate of drug-likeness (QED) is 0.505. The zero-order chi connectivity index (χ0) is 17.1. The molecule has 0 saturated heterocycles. The zero-order valence-electron chi connectivity index (χ0n) is 11.1. The minimum atomic E-state index is -1.71. The van der Waals surface area contributed by atoms with Crippen molar-refractivity contribution in [1.29, 1.82) is 0 Å². The highest BCUT2D eigenvalue weighted by Gasteiger charge is 2.17. The second-order valence-corrected chi connectivity index (χ2v) is 4.63. The largest absolute Gasteiger partial charge is 0.295 e. The predicted molar refractivity (Wildman–Crippen MR) is 75.5 cm³/mol. The van der Waals surface area contributed by atoms with Crippen LogP contribution in [-0.2, 0) is 0 Å². The summed E-state index contributed by atoms with van der Waals surface area (Å²) >= 11 is 5.76. The number of hydrogen-bond donors (Lipinski definition) is 2. The second-order valence-electron chi connectivity index (χ2n) is 4.22. The molecule has 0 atom stereocenters. The molecule has 2 aromatic rings. The summed E-state index contributed by atoms with van der Waals surface area (Å²) in [5, 5.41) is 10.6. The monoisotopic (exact) mass is 345 g/mol. The number of non-ortho nitro benzene ring substituents is 1. The zero-order valence-corrected chi connectivity index (χ0v) is 11.8. The van der Waals surface area contributed by atoms with Gasteiger partial charge >= 0.3 is 0 Å². The van der Waals surface area contributed by atoms with Crippen LogP contribution in [0.4, 0.5) is 24.5 Å². The van der Waals surface area contributed by atoms with Gasteiger partial charge in [0.05, 0.1) is 21.2 Å². The molecule has 0 bridgehead atoms. The highest BCUT2D eigenvalue weighted by atomic mass is 35.5. The van der Waals surface area contributed by atoms with Crippen LogP contribution in [0.2, 0.25) is 5.02 Å². The first-order chi connectivity index (χ1) is 10.8. The van der Waals surface area contributed by atoms with Gasteiger partial charge in [-0.25, -0.2) is 13.2 Å². The van der Waals surface area contributed by atoms with E-state index >= 15 is 0 Å². The van der Waals surface area contributed by atoms with E-state index in [4.69, 9.17) is 11.6 Å². The summed E-state index contributed by atoms with van der Waals surface area (Å²) in [5.41, 5.74) is 2.87. The molecule has 2 rings (SSSR count). The molecule has 0 aromatic heterocycles. The number of nitrogens with zero attached hydrogens (tertiary/aromatic N) is 1. The van der Waals surface area contributed by atoms with Gasteiger partial charge in [-0.15, -0.1) is 0 Å². The molecule has 6 nitrogen and oxygen atoms in total. The van der Waals surface area contributed by atoms with E-state index in [1.54, 1.807) is 0 Å². The molecule has 0 aliphatic rings. The fraction of sp³-hybridized carbons (Fsp3) is 0. The Hall–Kier alpha value is -2.81. The van der Waals surface area contributed by atoms with Gasteiger partial charge in [0.1, 0.15) is 0 Å². The Bertz CT molecular complexity index is 802. The summed E-state index contributed by atoms with van der Waals surface area (Å²) in [6.45, 7) is 0. The maximum Gasteiger partial charge on any atom is 0.271 e. The number of nitrogens with one attached hydrogen (secondary N) is 2.